The third kappa shape index (κ3) is 4.28. The Kier molecular flexibility index (Phi) is 5.43. The smallest absolute Gasteiger partial charge is 0.0713 e. The van der Waals surface area contributed by atoms with Crippen molar-refractivity contribution in [3.05, 3.63) is 47.5 Å². The minimum Gasteiger partial charge on any atom is -0.380 e. The second-order valence-electron chi connectivity index (χ2n) is 5.03. The van der Waals surface area contributed by atoms with Crippen LogP contribution in [0.15, 0.2) is 36.4 Å². The lowest BCUT2D eigenvalue weighted by molar-refractivity contribution is 0.185. The van der Waals surface area contributed by atoms with Gasteiger partial charge in [-0.1, -0.05) is 36.4 Å². The molecule has 0 amide bonds. The van der Waals surface area contributed by atoms with Crippen molar-refractivity contribution >= 4 is 0 Å². The van der Waals surface area contributed by atoms with Crippen LogP contribution in [0.3, 0.4) is 0 Å². The molecule has 2 heteroatoms. The standard InChI is InChI=1S/C16H23NO/c1-18-13-16-9-5-8-15(10-16)12-17-11-14-6-3-2-4-7-14/h2-3,5,8-10,14,17H,4,6-7,11-13H2,1H3. The van der Waals surface area contributed by atoms with Crippen LogP contribution >= 0.6 is 0 Å². The number of benzene rings is 1. The summed E-state index contributed by atoms with van der Waals surface area (Å²) in [6, 6.07) is 8.61. The highest BCUT2D eigenvalue weighted by Crippen LogP contribution is 2.17. The predicted molar refractivity (Wildman–Crippen MR) is 75.3 cm³/mol. The van der Waals surface area contributed by atoms with Gasteiger partial charge < -0.3 is 10.1 Å². The van der Waals surface area contributed by atoms with Gasteiger partial charge in [-0.15, -0.1) is 0 Å². The number of methoxy groups -OCH3 is 1. The van der Waals surface area contributed by atoms with E-state index in [2.05, 4.69) is 41.7 Å². The molecule has 0 aromatic heterocycles. The highest BCUT2D eigenvalue weighted by Gasteiger charge is 2.08. The number of rotatable bonds is 6. The molecule has 0 bridgehead atoms. The van der Waals surface area contributed by atoms with Crippen molar-refractivity contribution in [1.82, 2.24) is 5.32 Å². The number of ether oxygens (including phenoxy) is 1. The van der Waals surface area contributed by atoms with E-state index >= 15 is 0 Å². The van der Waals surface area contributed by atoms with E-state index in [-0.39, 0.29) is 0 Å². The van der Waals surface area contributed by atoms with E-state index in [0.29, 0.717) is 6.61 Å². The van der Waals surface area contributed by atoms with Crippen LogP contribution < -0.4 is 5.32 Å². The zero-order chi connectivity index (χ0) is 12.6. The second-order valence-corrected chi connectivity index (χ2v) is 5.03. The molecule has 18 heavy (non-hydrogen) atoms. The molecule has 1 aromatic rings. The minimum absolute atomic E-state index is 0.696. The van der Waals surface area contributed by atoms with Gasteiger partial charge in [0.1, 0.15) is 0 Å². The van der Waals surface area contributed by atoms with Gasteiger partial charge >= 0.3 is 0 Å². The first-order valence-electron chi connectivity index (χ1n) is 6.81. The van der Waals surface area contributed by atoms with Gasteiger partial charge in [0, 0.05) is 13.7 Å². The molecule has 0 saturated heterocycles. The lowest BCUT2D eigenvalue weighted by Gasteiger charge is -2.18. The van der Waals surface area contributed by atoms with Crippen LogP contribution in [-0.4, -0.2) is 13.7 Å². The molecule has 1 aliphatic carbocycles. The molecular weight excluding hydrogens is 222 g/mol. The Morgan fingerprint density at radius 2 is 2.17 bits per heavy atom. The van der Waals surface area contributed by atoms with E-state index in [0.717, 1.165) is 19.0 Å². The summed E-state index contributed by atoms with van der Waals surface area (Å²) >= 11 is 0. The van der Waals surface area contributed by atoms with E-state index in [4.69, 9.17) is 4.74 Å². The van der Waals surface area contributed by atoms with Crippen LogP contribution in [0.1, 0.15) is 30.4 Å². The maximum absolute atomic E-state index is 5.15. The molecule has 1 N–H and O–H groups in total. The van der Waals surface area contributed by atoms with Gasteiger partial charge in [-0.05, 0) is 42.9 Å². The SMILES string of the molecule is COCc1cccc(CNCC2CC=CCC2)c1. The second kappa shape index (κ2) is 7.34. The van der Waals surface area contributed by atoms with Crippen molar-refractivity contribution < 1.29 is 4.74 Å². The molecule has 1 aromatic carbocycles. The predicted octanol–water partition coefficient (Wildman–Crippen LogP) is 3.28. The maximum Gasteiger partial charge on any atom is 0.0713 e. The summed E-state index contributed by atoms with van der Waals surface area (Å²) in [5.41, 5.74) is 2.59. The quantitative estimate of drug-likeness (QED) is 0.777. The molecule has 0 heterocycles. The Hall–Kier alpha value is -1.12. The largest absolute Gasteiger partial charge is 0.380 e. The topological polar surface area (TPSA) is 21.3 Å². The Morgan fingerprint density at radius 1 is 1.28 bits per heavy atom. The summed E-state index contributed by atoms with van der Waals surface area (Å²) in [4.78, 5) is 0. The number of allylic oxidation sites excluding steroid dienone is 2. The van der Waals surface area contributed by atoms with Crippen molar-refractivity contribution in [2.75, 3.05) is 13.7 Å². The molecule has 1 aliphatic rings. The Morgan fingerprint density at radius 3 is 2.94 bits per heavy atom. The van der Waals surface area contributed by atoms with Crippen molar-refractivity contribution in [3.8, 4) is 0 Å². The normalized spacial score (nSPS) is 19.1. The van der Waals surface area contributed by atoms with Crippen LogP contribution in [0.4, 0.5) is 0 Å². The van der Waals surface area contributed by atoms with Gasteiger partial charge in [0.15, 0.2) is 0 Å². The van der Waals surface area contributed by atoms with Gasteiger partial charge in [0.25, 0.3) is 0 Å². The van der Waals surface area contributed by atoms with Crippen LogP contribution in [0, 0.1) is 5.92 Å². The fraction of sp³-hybridized carbons (Fsp3) is 0.500. The van der Waals surface area contributed by atoms with E-state index in [1.54, 1.807) is 7.11 Å². The third-order valence-corrected chi connectivity index (χ3v) is 3.44. The molecule has 1 atom stereocenters. The summed E-state index contributed by atoms with van der Waals surface area (Å²) in [5.74, 6) is 0.817. The highest BCUT2D eigenvalue weighted by atomic mass is 16.5. The maximum atomic E-state index is 5.15. The fourth-order valence-corrected chi connectivity index (χ4v) is 2.46. The van der Waals surface area contributed by atoms with Crippen LogP contribution in [0.25, 0.3) is 0 Å². The Bertz CT molecular complexity index is 386. The molecular formula is C16H23NO. The molecule has 0 aliphatic heterocycles. The number of nitrogens with one attached hydrogen (secondary N) is 1. The van der Waals surface area contributed by atoms with Crippen LogP contribution in [0.5, 0.6) is 0 Å². The van der Waals surface area contributed by atoms with Gasteiger partial charge in [-0.3, -0.25) is 0 Å². The Balaban J connectivity index is 1.75. The third-order valence-electron chi connectivity index (χ3n) is 3.44. The van der Waals surface area contributed by atoms with Crippen molar-refractivity contribution in [2.24, 2.45) is 5.92 Å². The lowest BCUT2D eigenvalue weighted by Crippen LogP contribution is -2.23. The number of hydrogen-bond donors (Lipinski definition) is 1. The lowest BCUT2D eigenvalue weighted by atomic mass is 9.94. The first-order chi connectivity index (χ1) is 8.88. The van der Waals surface area contributed by atoms with Crippen LogP contribution in [0.2, 0.25) is 0 Å². The molecule has 0 spiro atoms. The summed E-state index contributed by atoms with van der Waals surface area (Å²) in [6.45, 7) is 2.78. The van der Waals surface area contributed by atoms with Gasteiger partial charge in [-0.25, -0.2) is 0 Å². The monoisotopic (exact) mass is 245 g/mol. The van der Waals surface area contributed by atoms with E-state index in [1.807, 2.05) is 0 Å². The zero-order valence-corrected chi connectivity index (χ0v) is 11.2. The molecule has 98 valence electrons. The van der Waals surface area contributed by atoms with E-state index < -0.39 is 0 Å². The summed E-state index contributed by atoms with van der Waals surface area (Å²) in [5, 5.41) is 3.57. The average Bonchev–Trinajstić information content (AvgIpc) is 2.41. The van der Waals surface area contributed by atoms with Crippen LogP contribution in [-0.2, 0) is 17.9 Å². The molecule has 0 fully saturated rings. The van der Waals surface area contributed by atoms with E-state index in [1.165, 1.54) is 30.4 Å². The average molecular weight is 245 g/mol. The molecule has 0 saturated carbocycles. The summed E-state index contributed by atoms with van der Waals surface area (Å²) in [7, 11) is 1.74. The first-order valence-corrected chi connectivity index (χ1v) is 6.81. The summed E-state index contributed by atoms with van der Waals surface area (Å²) < 4.78 is 5.15. The molecule has 2 nitrogen and oxygen atoms in total. The Labute approximate surface area is 110 Å². The molecule has 1 unspecified atom stereocenters. The van der Waals surface area contributed by atoms with Gasteiger partial charge in [0.05, 0.1) is 6.61 Å². The van der Waals surface area contributed by atoms with Crippen molar-refractivity contribution in [1.29, 1.82) is 0 Å². The number of hydrogen-bond acceptors (Lipinski definition) is 2. The molecule has 0 radical (unpaired) electrons. The molecule has 2 rings (SSSR count). The van der Waals surface area contributed by atoms with Crippen molar-refractivity contribution in [3.63, 3.8) is 0 Å². The van der Waals surface area contributed by atoms with E-state index in [9.17, 15) is 0 Å². The highest BCUT2D eigenvalue weighted by molar-refractivity contribution is 5.22. The van der Waals surface area contributed by atoms with Gasteiger partial charge in [-0.2, -0.15) is 0 Å². The van der Waals surface area contributed by atoms with Crippen molar-refractivity contribution in [2.45, 2.75) is 32.4 Å². The van der Waals surface area contributed by atoms with Gasteiger partial charge in [0.2, 0.25) is 0 Å². The zero-order valence-electron chi connectivity index (χ0n) is 11.2. The minimum atomic E-state index is 0.696. The summed E-state index contributed by atoms with van der Waals surface area (Å²) in [6.07, 6.45) is 8.42. The first kappa shape index (κ1) is 13.3. The fourth-order valence-electron chi connectivity index (χ4n) is 2.46.